The molecule has 1 heterocycles. The van der Waals surface area contributed by atoms with E-state index in [0.29, 0.717) is 6.42 Å². The molecule has 1 saturated heterocycles. The standard InChI is InChI=1S/C41H78O10/c1-3-5-7-9-11-13-15-17-19-21-23-25-27-29-36(43)48-32-34(33-49-41-40(47)39(46)38(45)35(31-42)51-41)50-37(44)30-28-26-24-22-20-18-16-14-12-10-8-6-4-2/h34-35,38-42,45-47H,3-33H2,1-2H3/t34-,35-,38-,39+,40-,41-/m0/s1. The number of carbonyl (C=O) groups is 2. The second kappa shape index (κ2) is 33.3. The molecule has 0 amide bonds. The summed E-state index contributed by atoms with van der Waals surface area (Å²) < 4.78 is 22.1. The lowest BCUT2D eigenvalue weighted by atomic mass is 9.99. The molecule has 0 spiro atoms. The summed E-state index contributed by atoms with van der Waals surface area (Å²) in [5.41, 5.74) is 0. The van der Waals surface area contributed by atoms with Gasteiger partial charge >= 0.3 is 11.9 Å². The van der Waals surface area contributed by atoms with Gasteiger partial charge in [-0.2, -0.15) is 0 Å². The van der Waals surface area contributed by atoms with Crippen LogP contribution in [-0.4, -0.2) is 89.0 Å². The number of rotatable bonds is 35. The van der Waals surface area contributed by atoms with Gasteiger partial charge in [-0.1, -0.05) is 168 Å². The molecule has 10 heteroatoms. The van der Waals surface area contributed by atoms with Gasteiger partial charge in [-0.3, -0.25) is 9.59 Å². The van der Waals surface area contributed by atoms with E-state index >= 15 is 0 Å². The largest absolute Gasteiger partial charge is 0.462 e. The molecule has 0 aromatic heterocycles. The summed E-state index contributed by atoms with van der Waals surface area (Å²) in [5, 5.41) is 40.0. The summed E-state index contributed by atoms with van der Waals surface area (Å²) in [7, 11) is 0. The summed E-state index contributed by atoms with van der Waals surface area (Å²) >= 11 is 0. The topological polar surface area (TPSA) is 152 Å². The van der Waals surface area contributed by atoms with Crippen molar-refractivity contribution in [1.29, 1.82) is 0 Å². The van der Waals surface area contributed by atoms with Crippen LogP contribution in [-0.2, 0) is 28.5 Å². The molecular weight excluding hydrogens is 652 g/mol. The fourth-order valence-corrected chi connectivity index (χ4v) is 6.60. The second-order valence-corrected chi connectivity index (χ2v) is 14.8. The lowest BCUT2D eigenvalue weighted by Gasteiger charge is -2.39. The Morgan fingerprint density at radius 3 is 1.33 bits per heavy atom. The minimum absolute atomic E-state index is 0.209. The molecule has 0 aromatic rings. The van der Waals surface area contributed by atoms with Crippen LogP contribution in [0.1, 0.15) is 194 Å². The van der Waals surface area contributed by atoms with Gasteiger partial charge in [0.05, 0.1) is 13.2 Å². The van der Waals surface area contributed by atoms with Crippen LogP contribution >= 0.6 is 0 Å². The Morgan fingerprint density at radius 1 is 0.529 bits per heavy atom. The Bertz CT molecular complexity index is 809. The van der Waals surface area contributed by atoms with Crippen LogP contribution in [0.3, 0.4) is 0 Å². The zero-order valence-electron chi connectivity index (χ0n) is 32.6. The SMILES string of the molecule is CCCCCCCCCCCCCCCC(=O)OC[C@@H](CO[C@H]1O[C@@H](CO)[C@H](O)[C@@H](O)[C@@H]1O)OC(=O)CCCCCCCCCCCCCCC. The van der Waals surface area contributed by atoms with Crippen molar-refractivity contribution in [1.82, 2.24) is 0 Å². The number of esters is 2. The van der Waals surface area contributed by atoms with E-state index in [2.05, 4.69) is 13.8 Å². The molecule has 302 valence electrons. The number of aliphatic hydroxyl groups is 4. The van der Waals surface area contributed by atoms with Crippen molar-refractivity contribution in [3.63, 3.8) is 0 Å². The summed E-state index contributed by atoms with van der Waals surface area (Å²) in [6.07, 6.45) is 23.9. The molecular formula is C41H78O10. The smallest absolute Gasteiger partial charge is 0.306 e. The first-order chi connectivity index (χ1) is 24.8. The van der Waals surface area contributed by atoms with Crippen molar-refractivity contribution in [2.45, 2.75) is 230 Å². The Kier molecular flexibility index (Phi) is 31.1. The Morgan fingerprint density at radius 2 is 0.922 bits per heavy atom. The van der Waals surface area contributed by atoms with Crippen molar-refractivity contribution in [2.24, 2.45) is 0 Å². The molecule has 0 saturated carbocycles. The third-order valence-corrected chi connectivity index (χ3v) is 9.99. The summed E-state index contributed by atoms with van der Waals surface area (Å²) in [6.45, 7) is 3.43. The normalized spacial score (nSPS) is 21.1. The predicted molar refractivity (Wildman–Crippen MR) is 201 cm³/mol. The van der Waals surface area contributed by atoms with Crippen molar-refractivity contribution >= 4 is 11.9 Å². The van der Waals surface area contributed by atoms with Crippen LogP contribution in [0.25, 0.3) is 0 Å². The van der Waals surface area contributed by atoms with E-state index in [9.17, 15) is 30.0 Å². The van der Waals surface area contributed by atoms with Gasteiger partial charge in [0.15, 0.2) is 12.4 Å². The lowest BCUT2D eigenvalue weighted by Crippen LogP contribution is -2.59. The minimum atomic E-state index is -1.59. The van der Waals surface area contributed by atoms with E-state index in [1.54, 1.807) is 0 Å². The van der Waals surface area contributed by atoms with Gasteiger partial charge in [0.25, 0.3) is 0 Å². The first-order valence-electron chi connectivity index (χ1n) is 21.1. The fourth-order valence-electron chi connectivity index (χ4n) is 6.60. The fraction of sp³-hybridized carbons (Fsp3) is 0.951. The van der Waals surface area contributed by atoms with E-state index in [1.165, 1.54) is 122 Å². The number of hydrogen-bond donors (Lipinski definition) is 4. The quantitative estimate of drug-likeness (QED) is 0.0371. The first kappa shape index (κ1) is 47.7. The Hall–Kier alpha value is -1.30. The van der Waals surface area contributed by atoms with Crippen molar-refractivity contribution in [3.05, 3.63) is 0 Å². The first-order valence-corrected chi connectivity index (χ1v) is 21.1. The summed E-state index contributed by atoms with van der Waals surface area (Å²) in [4.78, 5) is 25.2. The third-order valence-electron chi connectivity index (χ3n) is 9.99. The van der Waals surface area contributed by atoms with Crippen molar-refractivity contribution in [2.75, 3.05) is 19.8 Å². The number of unbranched alkanes of at least 4 members (excludes halogenated alkanes) is 24. The number of ether oxygens (including phenoxy) is 4. The van der Waals surface area contributed by atoms with Gasteiger partial charge in [-0.05, 0) is 12.8 Å². The highest BCUT2D eigenvalue weighted by Crippen LogP contribution is 2.23. The van der Waals surface area contributed by atoms with Crippen LogP contribution in [0.15, 0.2) is 0 Å². The molecule has 1 aliphatic heterocycles. The van der Waals surface area contributed by atoms with E-state index in [4.69, 9.17) is 18.9 Å². The highest BCUT2D eigenvalue weighted by atomic mass is 16.7. The lowest BCUT2D eigenvalue weighted by molar-refractivity contribution is -0.305. The van der Waals surface area contributed by atoms with Crippen molar-refractivity contribution in [3.8, 4) is 0 Å². The number of hydrogen-bond acceptors (Lipinski definition) is 10. The maximum Gasteiger partial charge on any atom is 0.306 e. The van der Waals surface area contributed by atoms with Crippen molar-refractivity contribution < 1.29 is 49.0 Å². The van der Waals surface area contributed by atoms with Crippen LogP contribution in [0, 0.1) is 0 Å². The highest BCUT2D eigenvalue weighted by molar-refractivity contribution is 5.70. The maximum atomic E-state index is 12.7. The zero-order valence-corrected chi connectivity index (χ0v) is 32.6. The summed E-state index contributed by atoms with van der Waals surface area (Å²) in [5.74, 6) is -0.795. The van der Waals surface area contributed by atoms with Crippen LogP contribution in [0.4, 0.5) is 0 Å². The molecule has 0 aromatic carbocycles. The maximum absolute atomic E-state index is 12.7. The third kappa shape index (κ3) is 25.4. The van der Waals surface area contributed by atoms with Gasteiger partial charge in [-0.15, -0.1) is 0 Å². The molecule has 6 atom stereocenters. The molecule has 0 unspecified atom stereocenters. The van der Waals surface area contributed by atoms with Crippen LogP contribution in [0.2, 0.25) is 0 Å². The zero-order chi connectivity index (χ0) is 37.4. The molecule has 4 N–H and O–H groups in total. The van der Waals surface area contributed by atoms with Crippen LogP contribution < -0.4 is 0 Å². The molecule has 0 aliphatic carbocycles. The van der Waals surface area contributed by atoms with Gasteiger partial charge in [-0.25, -0.2) is 0 Å². The molecule has 1 aliphatic rings. The van der Waals surface area contributed by atoms with Crippen LogP contribution in [0.5, 0.6) is 0 Å². The molecule has 0 radical (unpaired) electrons. The number of aliphatic hydroxyl groups excluding tert-OH is 4. The average Bonchev–Trinajstić information content (AvgIpc) is 3.13. The molecule has 0 bridgehead atoms. The van der Waals surface area contributed by atoms with Gasteiger partial charge in [0.2, 0.25) is 0 Å². The minimum Gasteiger partial charge on any atom is -0.462 e. The Balaban J connectivity index is 2.35. The van der Waals surface area contributed by atoms with E-state index in [1.807, 2.05) is 0 Å². The monoisotopic (exact) mass is 731 g/mol. The molecule has 1 rings (SSSR count). The second-order valence-electron chi connectivity index (χ2n) is 14.8. The Labute approximate surface area is 310 Å². The number of carbonyl (C=O) groups excluding carboxylic acids is 2. The van der Waals surface area contributed by atoms with E-state index in [-0.39, 0.29) is 32.0 Å². The van der Waals surface area contributed by atoms with Gasteiger partial charge < -0.3 is 39.4 Å². The molecule has 51 heavy (non-hydrogen) atoms. The summed E-state index contributed by atoms with van der Waals surface area (Å²) in [6, 6.07) is 0. The van der Waals surface area contributed by atoms with E-state index in [0.717, 1.165) is 38.5 Å². The highest BCUT2D eigenvalue weighted by Gasteiger charge is 2.44. The van der Waals surface area contributed by atoms with Gasteiger partial charge in [0.1, 0.15) is 31.0 Å². The van der Waals surface area contributed by atoms with Gasteiger partial charge in [0, 0.05) is 12.8 Å². The molecule has 1 fully saturated rings. The molecule has 10 nitrogen and oxygen atoms in total. The predicted octanol–water partition coefficient (Wildman–Crippen LogP) is 8.22. The van der Waals surface area contributed by atoms with E-state index < -0.39 is 49.4 Å². The average molecular weight is 731 g/mol.